The van der Waals surface area contributed by atoms with Gasteiger partial charge in [0.2, 0.25) is 5.95 Å². The van der Waals surface area contributed by atoms with Crippen LogP contribution in [0.4, 0.5) is 11.6 Å². The van der Waals surface area contributed by atoms with Gasteiger partial charge in [0.15, 0.2) is 5.82 Å². The number of hydrogen-bond donors (Lipinski definition) is 3. The summed E-state index contributed by atoms with van der Waals surface area (Å²) in [5.74, 6) is 1.12. The topological polar surface area (TPSA) is 117 Å². The standard InChI is InChI=1S/C17H23N7O3/c1-18-6-9-27-17-21-15(12-19-23-13-2-4-14(25)5-3-13)20-16(22-17)24-7-10-26-11-8-24/h2-5,12,18,23,25H,6-11H2,1H3/b19-12+. The van der Waals surface area contributed by atoms with E-state index >= 15 is 0 Å². The number of phenols is 1. The first-order valence-corrected chi connectivity index (χ1v) is 8.69. The number of benzene rings is 1. The lowest BCUT2D eigenvalue weighted by Crippen LogP contribution is -2.37. The molecule has 10 heteroatoms. The number of rotatable bonds is 8. The number of nitrogens with one attached hydrogen (secondary N) is 2. The molecule has 0 saturated carbocycles. The van der Waals surface area contributed by atoms with Crippen LogP contribution >= 0.6 is 0 Å². The molecule has 3 N–H and O–H groups in total. The van der Waals surface area contributed by atoms with E-state index in [0.29, 0.717) is 51.2 Å². The Kier molecular flexibility index (Phi) is 6.72. The highest BCUT2D eigenvalue weighted by atomic mass is 16.5. The quantitative estimate of drug-likeness (QED) is 0.262. The molecule has 0 aliphatic carbocycles. The van der Waals surface area contributed by atoms with Crippen molar-refractivity contribution in [2.75, 3.05) is 56.8 Å². The normalized spacial score (nSPS) is 14.5. The van der Waals surface area contributed by atoms with Crippen LogP contribution in [0.1, 0.15) is 5.82 Å². The maximum atomic E-state index is 9.31. The molecule has 1 aliphatic heterocycles. The molecule has 10 nitrogen and oxygen atoms in total. The van der Waals surface area contributed by atoms with Crippen LogP contribution in [0.25, 0.3) is 0 Å². The number of phenolic OH excluding ortho intramolecular Hbond substituents is 1. The molecule has 0 unspecified atom stereocenters. The lowest BCUT2D eigenvalue weighted by atomic mass is 10.3. The zero-order chi connectivity index (χ0) is 18.9. The summed E-state index contributed by atoms with van der Waals surface area (Å²) in [6.45, 7) is 3.82. The predicted molar refractivity (Wildman–Crippen MR) is 102 cm³/mol. The molecule has 3 rings (SSSR count). The fraction of sp³-hybridized carbons (Fsp3) is 0.412. The SMILES string of the molecule is CNCCOc1nc(/C=N/Nc2ccc(O)cc2)nc(N2CCOCC2)n1. The van der Waals surface area contributed by atoms with Gasteiger partial charge in [-0.05, 0) is 31.3 Å². The van der Waals surface area contributed by atoms with Crippen LogP contribution in [0.15, 0.2) is 29.4 Å². The first-order valence-electron chi connectivity index (χ1n) is 8.69. The largest absolute Gasteiger partial charge is 0.508 e. The number of aromatic nitrogens is 3. The number of hydrazone groups is 1. The monoisotopic (exact) mass is 373 g/mol. The third-order valence-electron chi connectivity index (χ3n) is 3.74. The van der Waals surface area contributed by atoms with E-state index in [0.717, 1.165) is 5.69 Å². The second-order valence-corrected chi connectivity index (χ2v) is 5.74. The minimum Gasteiger partial charge on any atom is -0.508 e. The van der Waals surface area contributed by atoms with Gasteiger partial charge in [-0.25, -0.2) is 0 Å². The predicted octanol–water partition coefficient (Wildman–Crippen LogP) is 0.458. The molecule has 2 aromatic rings. The van der Waals surface area contributed by atoms with Gasteiger partial charge >= 0.3 is 6.01 Å². The van der Waals surface area contributed by atoms with Gasteiger partial charge in [-0.3, -0.25) is 5.43 Å². The number of hydrogen-bond acceptors (Lipinski definition) is 10. The number of morpholine rings is 1. The molecule has 144 valence electrons. The van der Waals surface area contributed by atoms with Gasteiger partial charge in [0.05, 0.1) is 25.1 Å². The Hall–Kier alpha value is -2.98. The highest BCUT2D eigenvalue weighted by Crippen LogP contribution is 2.15. The highest BCUT2D eigenvalue weighted by molar-refractivity contribution is 5.75. The summed E-state index contributed by atoms with van der Waals surface area (Å²) in [6, 6.07) is 6.83. The molecule has 1 fully saturated rings. The van der Waals surface area contributed by atoms with Crippen LogP contribution in [-0.4, -0.2) is 72.8 Å². The molecule has 1 aromatic heterocycles. The maximum Gasteiger partial charge on any atom is 0.321 e. The van der Waals surface area contributed by atoms with Crippen molar-refractivity contribution < 1.29 is 14.6 Å². The van der Waals surface area contributed by atoms with E-state index in [2.05, 4.69) is 30.8 Å². The Balaban J connectivity index is 1.73. The molecule has 27 heavy (non-hydrogen) atoms. The molecule has 2 heterocycles. The summed E-state index contributed by atoms with van der Waals surface area (Å²) in [7, 11) is 1.85. The second-order valence-electron chi connectivity index (χ2n) is 5.74. The van der Waals surface area contributed by atoms with Gasteiger partial charge in [0, 0.05) is 19.6 Å². The van der Waals surface area contributed by atoms with Crippen LogP contribution in [0, 0.1) is 0 Å². The molecule has 0 amide bonds. The number of ether oxygens (including phenoxy) is 2. The van der Waals surface area contributed by atoms with E-state index < -0.39 is 0 Å². The Labute approximate surface area is 157 Å². The number of likely N-dealkylation sites (N-methyl/N-ethyl adjacent to an activating group) is 1. The zero-order valence-electron chi connectivity index (χ0n) is 15.1. The third kappa shape index (κ3) is 5.76. The highest BCUT2D eigenvalue weighted by Gasteiger charge is 2.16. The molecule has 1 saturated heterocycles. The van der Waals surface area contributed by atoms with Crippen molar-refractivity contribution in [2.45, 2.75) is 0 Å². The zero-order valence-corrected chi connectivity index (χ0v) is 15.1. The summed E-state index contributed by atoms with van der Waals surface area (Å²) in [6.07, 6.45) is 1.50. The molecule has 0 atom stereocenters. The van der Waals surface area contributed by atoms with Crippen molar-refractivity contribution in [1.82, 2.24) is 20.3 Å². The van der Waals surface area contributed by atoms with Gasteiger partial charge in [-0.1, -0.05) is 0 Å². The fourth-order valence-corrected chi connectivity index (χ4v) is 2.33. The van der Waals surface area contributed by atoms with Gasteiger partial charge in [0.25, 0.3) is 0 Å². The Morgan fingerprint density at radius 1 is 1.22 bits per heavy atom. The van der Waals surface area contributed by atoms with E-state index in [9.17, 15) is 5.11 Å². The average molecular weight is 373 g/mol. The summed E-state index contributed by atoms with van der Waals surface area (Å²) >= 11 is 0. The van der Waals surface area contributed by atoms with E-state index in [1.54, 1.807) is 24.3 Å². The summed E-state index contributed by atoms with van der Waals surface area (Å²) in [5, 5.41) is 16.5. The van der Waals surface area contributed by atoms with Crippen molar-refractivity contribution in [2.24, 2.45) is 5.10 Å². The first-order chi connectivity index (χ1) is 13.2. The van der Waals surface area contributed by atoms with Crippen molar-refractivity contribution in [3.63, 3.8) is 0 Å². The first kappa shape index (κ1) is 18.8. The third-order valence-corrected chi connectivity index (χ3v) is 3.74. The second kappa shape index (κ2) is 9.64. The van der Waals surface area contributed by atoms with Crippen LogP contribution in [0.3, 0.4) is 0 Å². The number of nitrogens with zero attached hydrogens (tertiary/aromatic N) is 5. The minimum absolute atomic E-state index is 0.195. The molecule has 0 radical (unpaired) electrons. The minimum atomic E-state index is 0.195. The summed E-state index contributed by atoms with van der Waals surface area (Å²) < 4.78 is 11.0. The van der Waals surface area contributed by atoms with E-state index in [1.807, 2.05) is 11.9 Å². The Morgan fingerprint density at radius 2 is 2.00 bits per heavy atom. The van der Waals surface area contributed by atoms with Crippen LogP contribution in [0.5, 0.6) is 11.8 Å². The van der Waals surface area contributed by atoms with Gasteiger partial charge in [-0.2, -0.15) is 20.1 Å². The average Bonchev–Trinajstić information content (AvgIpc) is 2.70. The van der Waals surface area contributed by atoms with Crippen LogP contribution in [-0.2, 0) is 4.74 Å². The van der Waals surface area contributed by atoms with Crippen molar-refractivity contribution in [1.29, 1.82) is 0 Å². The van der Waals surface area contributed by atoms with Gasteiger partial charge in [0.1, 0.15) is 12.4 Å². The molecule has 1 aromatic carbocycles. The van der Waals surface area contributed by atoms with Crippen molar-refractivity contribution in [3.05, 3.63) is 30.1 Å². The van der Waals surface area contributed by atoms with Gasteiger partial charge in [-0.15, -0.1) is 0 Å². The van der Waals surface area contributed by atoms with Crippen molar-refractivity contribution in [3.8, 4) is 11.8 Å². The lowest BCUT2D eigenvalue weighted by molar-refractivity contribution is 0.122. The number of aromatic hydroxyl groups is 1. The molecule has 0 bridgehead atoms. The lowest BCUT2D eigenvalue weighted by Gasteiger charge is -2.26. The summed E-state index contributed by atoms with van der Waals surface area (Å²) in [4.78, 5) is 15.2. The molecular weight excluding hydrogens is 350 g/mol. The molecule has 0 spiro atoms. The fourth-order valence-electron chi connectivity index (χ4n) is 2.33. The van der Waals surface area contributed by atoms with Crippen LogP contribution < -0.4 is 20.4 Å². The number of anilines is 2. The smallest absolute Gasteiger partial charge is 0.321 e. The maximum absolute atomic E-state index is 9.31. The Morgan fingerprint density at radius 3 is 2.74 bits per heavy atom. The van der Waals surface area contributed by atoms with E-state index in [4.69, 9.17) is 9.47 Å². The van der Waals surface area contributed by atoms with Gasteiger partial charge < -0.3 is 24.8 Å². The Bertz CT molecular complexity index is 749. The molecule has 1 aliphatic rings. The summed E-state index contributed by atoms with van der Waals surface area (Å²) in [5.41, 5.74) is 3.60. The van der Waals surface area contributed by atoms with E-state index in [-0.39, 0.29) is 11.8 Å². The molecular formula is C17H23N7O3. The van der Waals surface area contributed by atoms with Crippen molar-refractivity contribution >= 4 is 17.9 Å². The van der Waals surface area contributed by atoms with E-state index in [1.165, 1.54) is 6.21 Å². The van der Waals surface area contributed by atoms with Crippen LogP contribution in [0.2, 0.25) is 0 Å².